The third kappa shape index (κ3) is 4.26. The fraction of sp³-hybridized carbons (Fsp3) is 0.263. The van der Waals surface area contributed by atoms with Gasteiger partial charge in [-0.25, -0.2) is 4.98 Å². The van der Waals surface area contributed by atoms with Crippen molar-refractivity contribution in [1.29, 1.82) is 0 Å². The molecule has 6 nitrogen and oxygen atoms in total. The number of hydrogen-bond acceptors (Lipinski definition) is 6. The van der Waals surface area contributed by atoms with Crippen molar-refractivity contribution in [3.63, 3.8) is 0 Å². The minimum absolute atomic E-state index is 0.128. The highest BCUT2D eigenvalue weighted by atomic mass is 35.5. The summed E-state index contributed by atoms with van der Waals surface area (Å²) < 4.78 is 17.0. The van der Waals surface area contributed by atoms with Gasteiger partial charge in [-0.3, -0.25) is 4.79 Å². The number of amides is 1. The van der Waals surface area contributed by atoms with Crippen LogP contribution < -0.4 is 19.5 Å². The van der Waals surface area contributed by atoms with E-state index in [0.29, 0.717) is 33.8 Å². The lowest BCUT2D eigenvalue weighted by molar-refractivity contribution is -0.116. The maximum atomic E-state index is 12.3. The Morgan fingerprint density at radius 2 is 1.89 bits per heavy atom. The molecule has 1 N–H and O–H groups in total. The number of carbonyl (C=O) groups excluding carboxylic acids is 1. The topological polar surface area (TPSA) is 69.7 Å². The molecular formula is C19H19ClN2O4S. The van der Waals surface area contributed by atoms with Crippen LogP contribution in [0.1, 0.15) is 12.0 Å². The van der Waals surface area contributed by atoms with Crippen molar-refractivity contribution in [3.05, 3.63) is 40.9 Å². The van der Waals surface area contributed by atoms with Gasteiger partial charge >= 0.3 is 0 Å². The fourth-order valence-electron chi connectivity index (χ4n) is 2.74. The molecule has 0 aliphatic carbocycles. The lowest BCUT2D eigenvalue weighted by atomic mass is 10.1. The summed E-state index contributed by atoms with van der Waals surface area (Å²) >= 11 is 7.38. The Morgan fingerprint density at radius 3 is 2.59 bits per heavy atom. The number of nitrogens with one attached hydrogen (secondary N) is 1. The molecule has 0 unspecified atom stereocenters. The molecule has 27 heavy (non-hydrogen) atoms. The zero-order valence-electron chi connectivity index (χ0n) is 15.2. The SMILES string of the molecule is COc1ccc(CCC(=O)Nc2nc3ccc(Cl)cc3s2)c(OC)c1OC. The predicted octanol–water partition coefficient (Wildman–Crippen LogP) is 4.55. The number of hydrogen-bond donors (Lipinski definition) is 1. The maximum absolute atomic E-state index is 12.3. The monoisotopic (exact) mass is 406 g/mol. The molecule has 3 rings (SSSR count). The summed E-state index contributed by atoms with van der Waals surface area (Å²) in [7, 11) is 4.68. The van der Waals surface area contributed by atoms with E-state index in [-0.39, 0.29) is 12.3 Å². The van der Waals surface area contributed by atoms with E-state index in [4.69, 9.17) is 25.8 Å². The highest BCUT2D eigenvalue weighted by molar-refractivity contribution is 7.22. The van der Waals surface area contributed by atoms with E-state index in [2.05, 4.69) is 10.3 Å². The minimum Gasteiger partial charge on any atom is -0.493 e. The molecule has 0 bridgehead atoms. The van der Waals surface area contributed by atoms with Crippen LogP contribution in [-0.2, 0) is 11.2 Å². The van der Waals surface area contributed by atoms with Crippen LogP contribution in [0.4, 0.5) is 5.13 Å². The minimum atomic E-state index is -0.128. The number of benzene rings is 2. The number of aryl methyl sites for hydroxylation is 1. The van der Waals surface area contributed by atoms with E-state index in [1.54, 1.807) is 33.5 Å². The standard InChI is InChI=1S/C19H19ClN2O4S/c1-24-14-8-4-11(17(25-2)18(14)26-3)5-9-16(23)22-19-21-13-7-6-12(20)10-15(13)27-19/h4,6-8,10H,5,9H2,1-3H3,(H,21,22,23). The first-order valence-corrected chi connectivity index (χ1v) is 9.39. The second kappa shape index (κ2) is 8.45. The lowest BCUT2D eigenvalue weighted by Gasteiger charge is -2.15. The second-order valence-electron chi connectivity index (χ2n) is 5.67. The average molecular weight is 407 g/mol. The number of aromatic nitrogens is 1. The Bertz CT molecular complexity index is 974. The van der Waals surface area contributed by atoms with Gasteiger partial charge in [-0.2, -0.15) is 0 Å². The molecule has 0 spiro atoms. The first-order chi connectivity index (χ1) is 13.0. The molecule has 0 fully saturated rings. The molecule has 0 radical (unpaired) electrons. The fourth-order valence-corrected chi connectivity index (χ4v) is 3.90. The maximum Gasteiger partial charge on any atom is 0.226 e. The van der Waals surface area contributed by atoms with Gasteiger partial charge in [0, 0.05) is 11.4 Å². The molecule has 8 heteroatoms. The highest BCUT2D eigenvalue weighted by Gasteiger charge is 2.17. The first-order valence-electron chi connectivity index (χ1n) is 8.19. The van der Waals surface area contributed by atoms with Crippen molar-refractivity contribution in [3.8, 4) is 17.2 Å². The summed E-state index contributed by atoms with van der Waals surface area (Å²) in [6.45, 7) is 0. The van der Waals surface area contributed by atoms with Crippen LogP contribution in [0.5, 0.6) is 17.2 Å². The molecule has 0 aliphatic heterocycles. The van der Waals surface area contributed by atoms with Gasteiger partial charge in [-0.05, 0) is 36.2 Å². The van der Waals surface area contributed by atoms with Gasteiger partial charge in [0.05, 0.1) is 31.5 Å². The van der Waals surface area contributed by atoms with Gasteiger partial charge in [-0.15, -0.1) is 0 Å². The summed E-state index contributed by atoms with van der Waals surface area (Å²) in [5.74, 6) is 1.54. The van der Waals surface area contributed by atoms with Crippen LogP contribution >= 0.6 is 22.9 Å². The Hall–Kier alpha value is -2.51. The molecular weight excluding hydrogens is 388 g/mol. The number of fused-ring (bicyclic) bond motifs is 1. The van der Waals surface area contributed by atoms with Gasteiger partial charge in [0.25, 0.3) is 0 Å². The Kier molecular flexibility index (Phi) is 6.03. The van der Waals surface area contributed by atoms with Gasteiger partial charge in [-0.1, -0.05) is 29.0 Å². The Balaban J connectivity index is 1.69. The number of carbonyl (C=O) groups is 1. The van der Waals surface area contributed by atoms with Crippen LogP contribution in [0.2, 0.25) is 5.02 Å². The summed E-state index contributed by atoms with van der Waals surface area (Å²) in [6.07, 6.45) is 0.772. The van der Waals surface area contributed by atoms with Crippen LogP contribution in [0.3, 0.4) is 0 Å². The van der Waals surface area contributed by atoms with Crippen molar-refractivity contribution in [2.45, 2.75) is 12.8 Å². The molecule has 0 aliphatic rings. The van der Waals surface area contributed by atoms with E-state index in [0.717, 1.165) is 15.8 Å². The van der Waals surface area contributed by atoms with Crippen molar-refractivity contribution in [1.82, 2.24) is 4.98 Å². The number of thiazole rings is 1. The molecule has 0 atom stereocenters. The quantitative estimate of drug-likeness (QED) is 0.623. The zero-order valence-corrected chi connectivity index (χ0v) is 16.7. The number of rotatable bonds is 7. The number of ether oxygens (including phenoxy) is 3. The number of anilines is 1. The molecule has 142 valence electrons. The van der Waals surface area contributed by atoms with Gasteiger partial charge in [0.15, 0.2) is 16.6 Å². The third-order valence-corrected chi connectivity index (χ3v) is 5.17. The van der Waals surface area contributed by atoms with E-state index < -0.39 is 0 Å². The highest BCUT2D eigenvalue weighted by Crippen LogP contribution is 2.40. The smallest absolute Gasteiger partial charge is 0.226 e. The van der Waals surface area contributed by atoms with Crippen LogP contribution in [0.25, 0.3) is 10.2 Å². The first kappa shape index (κ1) is 19.3. The van der Waals surface area contributed by atoms with E-state index >= 15 is 0 Å². The average Bonchev–Trinajstić information content (AvgIpc) is 3.06. The van der Waals surface area contributed by atoms with E-state index in [9.17, 15) is 4.79 Å². The number of halogens is 1. The molecule has 2 aromatic carbocycles. The Morgan fingerprint density at radius 1 is 1.11 bits per heavy atom. The molecule has 1 heterocycles. The molecule has 0 saturated heterocycles. The van der Waals surface area contributed by atoms with Crippen LogP contribution in [0.15, 0.2) is 30.3 Å². The van der Waals surface area contributed by atoms with Crippen molar-refractivity contribution in [2.24, 2.45) is 0 Å². The normalized spacial score (nSPS) is 10.7. The summed E-state index contributed by atoms with van der Waals surface area (Å²) in [6, 6.07) is 9.11. The van der Waals surface area contributed by atoms with Gasteiger partial charge in [0.2, 0.25) is 11.7 Å². The van der Waals surface area contributed by atoms with Gasteiger partial charge in [0.1, 0.15) is 0 Å². The summed E-state index contributed by atoms with van der Waals surface area (Å²) in [4.78, 5) is 16.7. The molecule has 1 amide bonds. The predicted molar refractivity (Wildman–Crippen MR) is 108 cm³/mol. The Labute approximate surface area is 166 Å². The largest absolute Gasteiger partial charge is 0.493 e. The molecule has 3 aromatic rings. The van der Waals surface area contributed by atoms with Crippen molar-refractivity contribution < 1.29 is 19.0 Å². The lowest BCUT2D eigenvalue weighted by Crippen LogP contribution is -2.12. The third-order valence-electron chi connectivity index (χ3n) is 4.00. The van der Waals surface area contributed by atoms with Crippen LogP contribution in [0, 0.1) is 0 Å². The second-order valence-corrected chi connectivity index (χ2v) is 7.14. The zero-order chi connectivity index (χ0) is 19.4. The van der Waals surface area contributed by atoms with E-state index in [1.807, 2.05) is 18.2 Å². The number of nitrogens with zero attached hydrogens (tertiary/aromatic N) is 1. The van der Waals surface area contributed by atoms with Gasteiger partial charge < -0.3 is 19.5 Å². The van der Waals surface area contributed by atoms with Crippen molar-refractivity contribution >= 4 is 44.2 Å². The van der Waals surface area contributed by atoms with Crippen molar-refractivity contribution in [2.75, 3.05) is 26.6 Å². The summed E-state index contributed by atoms with van der Waals surface area (Å²) in [5, 5.41) is 4.03. The molecule has 1 aromatic heterocycles. The van der Waals surface area contributed by atoms with E-state index in [1.165, 1.54) is 11.3 Å². The van der Waals surface area contributed by atoms with Crippen LogP contribution in [-0.4, -0.2) is 32.2 Å². The number of methoxy groups -OCH3 is 3. The molecule has 0 saturated carbocycles. The summed E-state index contributed by atoms with van der Waals surface area (Å²) in [5.41, 5.74) is 1.67.